The zero-order chi connectivity index (χ0) is 14.3. The third-order valence-electron chi connectivity index (χ3n) is 2.44. The van der Waals surface area contributed by atoms with Crippen molar-refractivity contribution >= 4 is 11.7 Å². The van der Waals surface area contributed by atoms with Crippen LogP contribution in [0.25, 0.3) is 0 Å². The second-order valence-corrected chi connectivity index (χ2v) is 5.34. The SMILES string of the molecule is COCCc1ccccc1NCC(=O)OC(C)(C)C. The van der Waals surface area contributed by atoms with Crippen LogP contribution in [-0.4, -0.2) is 31.8 Å². The van der Waals surface area contributed by atoms with Crippen molar-refractivity contribution in [3.63, 3.8) is 0 Å². The second-order valence-electron chi connectivity index (χ2n) is 5.34. The minimum atomic E-state index is -0.450. The number of nitrogens with one attached hydrogen (secondary N) is 1. The fourth-order valence-corrected chi connectivity index (χ4v) is 1.67. The highest BCUT2D eigenvalue weighted by atomic mass is 16.6. The molecule has 0 aromatic heterocycles. The minimum absolute atomic E-state index is 0.168. The Kier molecular flexibility index (Phi) is 5.83. The van der Waals surface area contributed by atoms with E-state index in [1.165, 1.54) is 0 Å². The number of rotatable bonds is 6. The number of benzene rings is 1. The molecule has 1 rings (SSSR count). The molecule has 1 N–H and O–H groups in total. The van der Waals surface area contributed by atoms with Crippen LogP contribution >= 0.6 is 0 Å². The fraction of sp³-hybridized carbons (Fsp3) is 0.533. The summed E-state index contributed by atoms with van der Waals surface area (Å²) >= 11 is 0. The average Bonchev–Trinajstić information content (AvgIpc) is 2.32. The Balaban J connectivity index is 2.55. The lowest BCUT2D eigenvalue weighted by molar-refractivity contribution is -0.152. The van der Waals surface area contributed by atoms with Gasteiger partial charge in [0.05, 0.1) is 6.61 Å². The van der Waals surface area contributed by atoms with Gasteiger partial charge >= 0.3 is 5.97 Å². The highest BCUT2D eigenvalue weighted by Gasteiger charge is 2.16. The third-order valence-corrected chi connectivity index (χ3v) is 2.44. The van der Waals surface area contributed by atoms with E-state index in [2.05, 4.69) is 5.32 Å². The van der Waals surface area contributed by atoms with Gasteiger partial charge in [0.25, 0.3) is 0 Å². The van der Waals surface area contributed by atoms with Gasteiger partial charge in [0.2, 0.25) is 0 Å². The standard InChI is InChI=1S/C15H23NO3/c1-15(2,3)19-14(17)11-16-13-8-6-5-7-12(13)9-10-18-4/h5-8,16H,9-11H2,1-4H3. The Bertz CT molecular complexity index is 410. The Labute approximate surface area is 115 Å². The van der Waals surface area contributed by atoms with Gasteiger partial charge in [-0.3, -0.25) is 4.79 Å². The number of anilines is 1. The van der Waals surface area contributed by atoms with Crippen LogP contribution in [0.2, 0.25) is 0 Å². The number of ether oxygens (including phenoxy) is 2. The summed E-state index contributed by atoms with van der Waals surface area (Å²) in [6, 6.07) is 7.89. The highest BCUT2D eigenvalue weighted by Crippen LogP contribution is 2.16. The molecule has 1 aromatic carbocycles. The molecule has 0 fully saturated rings. The average molecular weight is 265 g/mol. The lowest BCUT2D eigenvalue weighted by Gasteiger charge is -2.20. The summed E-state index contributed by atoms with van der Waals surface area (Å²) in [5.41, 5.74) is 1.63. The van der Waals surface area contributed by atoms with Gasteiger partial charge in [0, 0.05) is 12.8 Å². The molecule has 0 saturated carbocycles. The molecule has 0 aliphatic carbocycles. The number of para-hydroxylation sites is 1. The third kappa shape index (κ3) is 6.25. The summed E-state index contributed by atoms with van der Waals surface area (Å²) in [5, 5.41) is 3.11. The largest absolute Gasteiger partial charge is 0.459 e. The van der Waals surface area contributed by atoms with Crippen LogP contribution in [-0.2, 0) is 20.7 Å². The van der Waals surface area contributed by atoms with Gasteiger partial charge in [-0.2, -0.15) is 0 Å². The van der Waals surface area contributed by atoms with E-state index in [1.807, 2.05) is 45.0 Å². The molecule has 0 amide bonds. The first-order chi connectivity index (χ1) is 8.92. The van der Waals surface area contributed by atoms with Gasteiger partial charge in [0.1, 0.15) is 12.1 Å². The maximum atomic E-state index is 11.6. The van der Waals surface area contributed by atoms with Crippen LogP contribution in [0.4, 0.5) is 5.69 Å². The summed E-state index contributed by atoms with van der Waals surface area (Å²) < 4.78 is 10.3. The van der Waals surface area contributed by atoms with Gasteiger partial charge in [-0.1, -0.05) is 18.2 Å². The van der Waals surface area contributed by atoms with Crippen molar-refractivity contribution in [3.8, 4) is 0 Å². The van der Waals surface area contributed by atoms with Crippen LogP contribution in [0, 0.1) is 0 Å². The van der Waals surface area contributed by atoms with Gasteiger partial charge in [-0.25, -0.2) is 0 Å². The Morgan fingerprint density at radius 2 is 1.95 bits per heavy atom. The molecule has 106 valence electrons. The summed E-state index contributed by atoms with van der Waals surface area (Å²) in [6.45, 7) is 6.40. The summed E-state index contributed by atoms with van der Waals surface area (Å²) in [6.07, 6.45) is 0.813. The zero-order valence-electron chi connectivity index (χ0n) is 12.2. The number of carbonyl (C=O) groups is 1. The Morgan fingerprint density at radius 3 is 2.58 bits per heavy atom. The number of hydrogen-bond acceptors (Lipinski definition) is 4. The first-order valence-electron chi connectivity index (χ1n) is 6.45. The van der Waals surface area contributed by atoms with Crippen molar-refractivity contribution in [2.24, 2.45) is 0 Å². The number of esters is 1. The lowest BCUT2D eigenvalue weighted by atomic mass is 10.1. The summed E-state index contributed by atoms with van der Waals surface area (Å²) in [7, 11) is 1.68. The van der Waals surface area contributed by atoms with Crippen LogP contribution in [0.5, 0.6) is 0 Å². The van der Waals surface area contributed by atoms with Crippen molar-refractivity contribution in [2.75, 3.05) is 25.6 Å². The second kappa shape index (κ2) is 7.14. The van der Waals surface area contributed by atoms with Crippen molar-refractivity contribution in [1.82, 2.24) is 0 Å². The predicted octanol–water partition coefficient (Wildman–Crippen LogP) is 2.63. The van der Waals surface area contributed by atoms with E-state index in [4.69, 9.17) is 9.47 Å². The molecule has 4 nitrogen and oxygen atoms in total. The van der Waals surface area contributed by atoms with E-state index in [-0.39, 0.29) is 12.5 Å². The molecule has 1 aromatic rings. The van der Waals surface area contributed by atoms with Crippen LogP contribution in [0.3, 0.4) is 0 Å². The fourth-order valence-electron chi connectivity index (χ4n) is 1.67. The summed E-state index contributed by atoms with van der Waals surface area (Å²) in [5.74, 6) is -0.256. The van der Waals surface area contributed by atoms with E-state index in [0.717, 1.165) is 17.7 Å². The van der Waals surface area contributed by atoms with Gasteiger partial charge in [-0.15, -0.1) is 0 Å². The van der Waals surface area contributed by atoms with Crippen molar-refractivity contribution in [1.29, 1.82) is 0 Å². The minimum Gasteiger partial charge on any atom is -0.459 e. The molecule has 0 unspecified atom stereocenters. The molecule has 0 atom stereocenters. The zero-order valence-corrected chi connectivity index (χ0v) is 12.2. The topological polar surface area (TPSA) is 47.6 Å². The quantitative estimate of drug-likeness (QED) is 0.803. The molecule has 0 saturated heterocycles. The van der Waals surface area contributed by atoms with Gasteiger partial charge in [-0.05, 0) is 38.8 Å². The normalized spacial score (nSPS) is 11.2. The molecule has 0 aliphatic heterocycles. The van der Waals surface area contributed by atoms with E-state index in [0.29, 0.717) is 6.61 Å². The van der Waals surface area contributed by atoms with Crippen molar-refractivity contribution < 1.29 is 14.3 Å². The van der Waals surface area contributed by atoms with Crippen LogP contribution < -0.4 is 5.32 Å². The number of carbonyl (C=O) groups excluding carboxylic acids is 1. The van der Waals surface area contributed by atoms with Crippen molar-refractivity contribution in [3.05, 3.63) is 29.8 Å². The first kappa shape index (κ1) is 15.5. The maximum absolute atomic E-state index is 11.6. The molecular formula is C15H23NO3. The molecule has 4 heteroatoms. The van der Waals surface area contributed by atoms with E-state index in [9.17, 15) is 4.79 Å². The van der Waals surface area contributed by atoms with Crippen molar-refractivity contribution in [2.45, 2.75) is 32.8 Å². The molecule has 0 aliphatic rings. The van der Waals surface area contributed by atoms with E-state index in [1.54, 1.807) is 7.11 Å². The molecule has 0 heterocycles. The molecule has 0 spiro atoms. The predicted molar refractivity (Wildman–Crippen MR) is 76.4 cm³/mol. The Morgan fingerprint density at radius 1 is 1.26 bits per heavy atom. The summed E-state index contributed by atoms with van der Waals surface area (Å²) in [4.78, 5) is 11.6. The number of hydrogen-bond donors (Lipinski definition) is 1. The van der Waals surface area contributed by atoms with Crippen LogP contribution in [0.1, 0.15) is 26.3 Å². The van der Waals surface area contributed by atoms with E-state index < -0.39 is 5.60 Å². The maximum Gasteiger partial charge on any atom is 0.325 e. The smallest absolute Gasteiger partial charge is 0.325 e. The molecular weight excluding hydrogens is 242 g/mol. The molecule has 0 radical (unpaired) electrons. The van der Waals surface area contributed by atoms with Gasteiger partial charge < -0.3 is 14.8 Å². The molecule has 19 heavy (non-hydrogen) atoms. The van der Waals surface area contributed by atoms with E-state index >= 15 is 0 Å². The first-order valence-corrected chi connectivity index (χ1v) is 6.45. The Hall–Kier alpha value is -1.55. The lowest BCUT2D eigenvalue weighted by Crippen LogP contribution is -2.28. The van der Waals surface area contributed by atoms with Gasteiger partial charge in [0.15, 0.2) is 0 Å². The van der Waals surface area contributed by atoms with Crippen LogP contribution in [0.15, 0.2) is 24.3 Å². The highest BCUT2D eigenvalue weighted by molar-refractivity contribution is 5.75. The number of methoxy groups -OCH3 is 1. The molecule has 0 bridgehead atoms. The monoisotopic (exact) mass is 265 g/mol.